The van der Waals surface area contributed by atoms with E-state index in [1.54, 1.807) is 6.33 Å². The molecule has 0 bridgehead atoms. The summed E-state index contributed by atoms with van der Waals surface area (Å²) in [5.41, 5.74) is 1.23. The van der Waals surface area contributed by atoms with Crippen LogP contribution in [0.1, 0.15) is 18.9 Å². The molecule has 1 heterocycles. The number of nitrogens with zero attached hydrogens (tertiary/aromatic N) is 2. The number of aromatic nitrogens is 2. The molecule has 2 aromatic rings. The van der Waals surface area contributed by atoms with Crippen LogP contribution in [-0.2, 0) is 0 Å². The van der Waals surface area contributed by atoms with Crippen molar-refractivity contribution in [2.45, 2.75) is 18.9 Å². The van der Waals surface area contributed by atoms with E-state index in [0.717, 1.165) is 12.8 Å². The van der Waals surface area contributed by atoms with E-state index in [-0.39, 0.29) is 10.8 Å². The fourth-order valence-corrected chi connectivity index (χ4v) is 2.40. The molecule has 0 aliphatic heterocycles. The Morgan fingerprint density at radius 1 is 1.53 bits per heavy atom. The van der Waals surface area contributed by atoms with Gasteiger partial charge in [0.1, 0.15) is 5.52 Å². The Bertz CT molecular complexity index is 548. The van der Waals surface area contributed by atoms with E-state index >= 15 is 0 Å². The maximum atomic E-state index is 13.9. The first-order valence-corrected chi connectivity index (χ1v) is 6.14. The van der Waals surface area contributed by atoms with Crippen molar-refractivity contribution in [3.8, 4) is 0 Å². The minimum Gasteiger partial charge on any atom is -0.325 e. The van der Waals surface area contributed by atoms with Gasteiger partial charge in [-0.1, -0.05) is 11.6 Å². The van der Waals surface area contributed by atoms with Crippen LogP contribution < -0.4 is 0 Å². The van der Waals surface area contributed by atoms with Gasteiger partial charge in [0.05, 0.1) is 16.9 Å². The Kier molecular flexibility index (Phi) is 2.17. The van der Waals surface area contributed by atoms with Gasteiger partial charge in [-0.3, -0.25) is 0 Å². The molecule has 0 spiro atoms. The van der Waals surface area contributed by atoms with Crippen LogP contribution in [0.4, 0.5) is 4.39 Å². The smallest absolute Gasteiger partial charge is 0.168 e. The molecule has 0 amide bonds. The van der Waals surface area contributed by atoms with Gasteiger partial charge in [-0.15, -0.1) is 0 Å². The lowest BCUT2D eigenvalue weighted by Gasteiger charge is -2.04. The molecule has 0 N–H and O–H groups in total. The Morgan fingerprint density at radius 3 is 2.93 bits per heavy atom. The van der Waals surface area contributed by atoms with Gasteiger partial charge in [-0.25, -0.2) is 9.37 Å². The number of fused-ring (bicyclic) bond motifs is 1. The first-order valence-electron chi connectivity index (χ1n) is 4.68. The zero-order valence-electron chi connectivity index (χ0n) is 7.67. The maximum Gasteiger partial charge on any atom is 0.168 e. The monoisotopic (exact) mass is 336 g/mol. The molecule has 1 aliphatic rings. The summed E-state index contributed by atoms with van der Waals surface area (Å²) in [7, 11) is 0. The van der Waals surface area contributed by atoms with Gasteiger partial charge < -0.3 is 4.57 Å². The van der Waals surface area contributed by atoms with E-state index in [9.17, 15) is 4.39 Å². The van der Waals surface area contributed by atoms with E-state index in [4.69, 9.17) is 11.6 Å². The molecular weight excluding hydrogens is 329 g/mol. The molecule has 1 aromatic carbocycles. The Labute approximate surface area is 105 Å². The maximum absolute atomic E-state index is 13.9. The van der Waals surface area contributed by atoms with Crippen LogP contribution >= 0.6 is 34.2 Å². The second-order valence-electron chi connectivity index (χ2n) is 3.74. The van der Waals surface area contributed by atoms with Gasteiger partial charge in [-0.2, -0.15) is 0 Å². The fraction of sp³-hybridized carbons (Fsp3) is 0.300. The number of imidazole rings is 1. The van der Waals surface area contributed by atoms with Gasteiger partial charge in [0.15, 0.2) is 5.82 Å². The molecule has 5 heteroatoms. The Balaban J connectivity index is 2.37. The molecular formula is C10H7ClFIN2. The summed E-state index contributed by atoms with van der Waals surface area (Å²) in [6.07, 6.45) is 3.92. The van der Waals surface area contributed by atoms with Gasteiger partial charge in [-0.05, 0) is 41.5 Å². The van der Waals surface area contributed by atoms with E-state index in [2.05, 4.69) is 4.98 Å². The molecule has 1 fully saturated rings. The number of hydrogen-bond donors (Lipinski definition) is 0. The van der Waals surface area contributed by atoms with Crippen molar-refractivity contribution in [3.05, 3.63) is 26.8 Å². The lowest BCUT2D eigenvalue weighted by atomic mass is 10.3. The SMILES string of the molecule is Fc1c(Cl)c(I)cc2ncn(C3CC3)c12. The summed E-state index contributed by atoms with van der Waals surface area (Å²) in [4.78, 5) is 4.20. The standard InChI is InChI=1S/C10H7ClFIN2/c11-8-6(13)3-7-10(9(8)12)15(4-14-7)5-1-2-5/h3-5H,1-2H2. The molecule has 15 heavy (non-hydrogen) atoms. The minimum absolute atomic E-state index is 0.200. The highest BCUT2D eigenvalue weighted by Crippen LogP contribution is 2.39. The van der Waals surface area contributed by atoms with Crippen molar-refractivity contribution in [2.75, 3.05) is 0 Å². The Morgan fingerprint density at radius 2 is 2.27 bits per heavy atom. The second-order valence-corrected chi connectivity index (χ2v) is 5.28. The number of halogens is 3. The third kappa shape index (κ3) is 1.45. The highest BCUT2D eigenvalue weighted by molar-refractivity contribution is 14.1. The molecule has 1 aliphatic carbocycles. The third-order valence-electron chi connectivity index (χ3n) is 2.64. The van der Waals surface area contributed by atoms with Gasteiger partial charge in [0.2, 0.25) is 0 Å². The quantitative estimate of drug-likeness (QED) is 0.572. The highest BCUT2D eigenvalue weighted by Gasteiger charge is 2.27. The van der Waals surface area contributed by atoms with Crippen molar-refractivity contribution in [3.63, 3.8) is 0 Å². The van der Waals surface area contributed by atoms with Crippen LogP contribution in [-0.4, -0.2) is 9.55 Å². The normalized spacial score (nSPS) is 16.2. The lowest BCUT2D eigenvalue weighted by molar-refractivity contribution is 0.624. The lowest BCUT2D eigenvalue weighted by Crippen LogP contribution is -1.95. The van der Waals surface area contributed by atoms with Gasteiger partial charge >= 0.3 is 0 Å². The van der Waals surface area contributed by atoms with E-state index in [1.165, 1.54) is 0 Å². The number of rotatable bonds is 1. The molecule has 78 valence electrons. The number of hydrogen-bond acceptors (Lipinski definition) is 1. The number of benzene rings is 1. The molecule has 1 saturated carbocycles. The van der Waals surface area contributed by atoms with Gasteiger partial charge in [0, 0.05) is 9.61 Å². The van der Waals surface area contributed by atoms with Crippen molar-refractivity contribution < 1.29 is 4.39 Å². The molecule has 0 atom stereocenters. The molecule has 3 rings (SSSR count). The highest BCUT2D eigenvalue weighted by atomic mass is 127. The Hall–Kier alpha value is -0.360. The molecule has 0 saturated heterocycles. The predicted molar refractivity (Wildman–Crippen MR) is 65.7 cm³/mol. The van der Waals surface area contributed by atoms with Crippen LogP contribution in [0.15, 0.2) is 12.4 Å². The zero-order valence-corrected chi connectivity index (χ0v) is 10.6. The van der Waals surface area contributed by atoms with E-state index in [0.29, 0.717) is 20.6 Å². The van der Waals surface area contributed by atoms with Crippen molar-refractivity contribution in [1.82, 2.24) is 9.55 Å². The molecule has 1 aromatic heterocycles. The zero-order chi connectivity index (χ0) is 10.6. The summed E-state index contributed by atoms with van der Waals surface area (Å²) < 4.78 is 16.5. The predicted octanol–water partition coefficient (Wildman–Crippen LogP) is 3.77. The van der Waals surface area contributed by atoms with Crippen LogP contribution in [0.3, 0.4) is 0 Å². The van der Waals surface area contributed by atoms with E-state index in [1.807, 2.05) is 33.2 Å². The van der Waals surface area contributed by atoms with Crippen LogP contribution in [0.2, 0.25) is 5.02 Å². The third-order valence-corrected chi connectivity index (χ3v) is 4.18. The van der Waals surface area contributed by atoms with Crippen LogP contribution in [0.5, 0.6) is 0 Å². The average molecular weight is 337 g/mol. The van der Waals surface area contributed by atoms with Crippen LogP contribution in [0, 0.1) is 9.39 Å². The van der Waals surface area contributed by atoms with Crippen molar-refractivity contribution >= 4 is 45.2 Å². The summed E-state index contributed by atoms with van der Waals surface area (Å²) in [6, 6.07) is 2.24. The summed E-state index contributed by atoms with van der Waals surface area (Å²) in [5, 5.41) is 0.200. The topological polar surface area (TPSA) is 17.8 Å². The fourth-order valence-electron chi connectivity index (χ4n) is 1.73. The largest absolute Gasteiger partial charge is 0.325 e. The van der Waals surface area contributed by atoms with Crippen molar-refractivity contribution in [1.29, 1.82) is 0 Å². The summed E-state index contributed by atoms with van der Waals surface area (Å²) in [5.74, 6) is -0.344. The summed E-state index contributed by atoms with van der Waals surface area (Å²) >= 11 is 7.91. The molecule has 2 nitrogen and oxygen atoms in total. The van der Waals surface area contributed by atoms with Gasteiger partial charge in [0.25, 0.3) is 0 Å². The first kappa shape index (κ1) is 9.84. The summed E-state index contributed by atoms with van der Waals surface area (Å²) in [6.45, 7) is 0. The van der Waals surface area contributed by atoms with E-state index < -0.39 is 0 Å². The minimum atomic E-state index is -0.344. The van der Waals surface area contributed by atoms with Crippen LogP contribution in [0.25, 0.3) is 11.0 Å². The van der Waals surface area contributed by atoms with Crippen molar-refractivity contribution in [2.24, 2.45) is 0 Å². The first-order chi connectivity index (χ1) is 7.18. The molecule has 0 radical (unpaired) electrons. The second kappa shape index (κ2) is 3.31. The molecule has 0 unspecified atom stereocenters. The average Bonchev–Trinajstić information content (AvgIpc) is 2.97.